The summed E-state index contributed by atoms with van der Waals surface area (Å²) in [6, 6.07) is 0. The van der Waals surface area contributed by atoms with Crippen LogP contribution < -0.4 is 0 Å². The molecule has 0 aliphatic rings. The van der Waals surface area contributed by atoms with E-state index < -0.39 is 17.0 Å². The molecule has 31 heavy (non-hydrogen) atoms. The van der Waals surface area contributed by atoms with Gasteiger partial charge < -0.3 is 22.4 Å². The number of carbonyl (C=O) groups is 1. The van der Waals surface area contributed by atoms with Gasteiger partial charge in [0.1, 0.15) is 28.8 Å². The van der Waals surface area contributed by atoms with Crippen molar-refractivity contribution in [2.45, 2.75) is 86.7 Å². The number of aliphatic hydroxyl groups is 1. The molecule has 7 heteroatoms. The minimum absolute atomic E-state index is 0.455. The second-order valence-electron chi connectivity index (χ2n) is 8.51. The number of halogens is 1. The Morgan fingerprint density at radius 3 is 1.94 bits per heavy atom. The number of carbonyl (C=O) groups excluding carboxylic acids is 1. The van der Waals surface area contributed by atoms with Gasteiger partial charge in [-0.15, -0.1) is 0 Å². The summed E-state index contributed by atoms with van der Waals surface area (Å²) in [5.74, 6) is 0.0321. The van der Waals surface area contributed by atoms with Gasteiger partial charge in [-0.2, -0.15) is 0 Å². The third kappa shape index (κ3) is 17.7. The molecule has 0 radical (unpaired) electrons. The molecule has 0 amide bonds. The fraction of sp³-hybridized carbons (Fsp3) is 0.792. The van der Waals surface area contributed by atoms with Gasteiger partial charge in [-0.1, -0.05) is 38.3 Å². The average molecular weight is 557 g/mol. The number of rotatable bonds is 15. The summed E-state index contributed by atoms with van der Waals surface area (Å²) < 4.78 is 21.2. The van der Waals surface area contributed by atoms with Crippen LogP contribution in [-0.2, 0) is 22.1 Å². The van der Waals surface area contributed by atoms with Crippen LogP contribution in [0.1, 0.15) is 81.1 Å². The smallest absolute Gasteiger partial charge is 0.319 e. The van der Waals surface area contributed by atoms with Crippen molar-refractivity contribution < 1.29 is 27.2 Å². The summed E-state index contributed by atoms with van der Waals surface area (Å²) in [6.45, 7) is 17.7. The van der Waals surface area contributed by atoms with Crippen LogP contribution in [-0.4, -0.2) is 49.7 Å². The lowest BCUT2D eigenvalue weighted by molar-refractivity contribution is -0.163. The van der Waals surface area contributed by atoms with Crippen LogP contribution in [0.2, 0.25) is 0 Å². The van der Waals surface area contributed by atoms with Gasteiger partial charge in [-0.05, 0) is 60.5 Å². The molecular formula is C24H45IO6. The van der Waals surface area contributed by atoms with Crippen LogP contribution in [0.3, 0.4) is 0 Å². The first kappa shape index (κ1) is 32.7. The second kappa shape index (κ2) is 19.0. The van der Waals surface area contributed by atoms with Crippen molar-refractivity contribution in [3.8, 4) is 0 Å². The molecule has 1 N–H and O–H groups in total. The quantitative estimate of drug-likeness (QED) is 0.0856. The van der Waals surface area contributed by atoms with E-state index in [0.29, 0.717) is 38.8 Å². The van der Waals surface area contributed by atoms with Crippen LogP contribution >= 0.6 is 23.0 Å². The lowest BCUT2D eigenvalue weighted by Gasteiger charge is -2.34. The Hall–Kier alpha value is -0.480. The van der Waals surface area contributed by atoms with Crippen LogP contribution in [0.15, 0.2) is 23.5 Å². The van der Waals surface area contributed by atoms with Gasteiger partial charge in [0, 0.05) is 6.61 Å². The second-order valence-corrected chi connectivity index (χ2v) is 9.13. The predicted octanol–water partition coefficient (Wildman–Crippen LogP) is 6.16. The number of allylic oxidation sites excluding steroid dienone is 3. The molecule has 0 fully saturated rings. The molecule has 0 heterocycles. The highest BCUT2D eigenvalue weighted by molar-refractivity contribution is 14.1. The van der Waals surface area contributed by atoms with E-state index in [2.05, 4.69) is 13.8 Å². The third-order valence-corrected chi connectivity index (χ3v) is 5.36. The molecule has 0 saturated carbocycles. The fourth-order valence-corrected chi connectivity index (χ4v) is 1.98. The summed E-state index contributed by atoms with van der Waals surface area (Å²) >= 11 is 1.87. The predicted molar refractivity (Wildman–Crippen MR) is 135 cm³/mol. The lowest BCUT2D eigenvalue weighted by Crippen LogP contribution is -2.45. The van der Waals surface area contributed by atoms with E-state index in [-0.39, 0.29) is 0 Å². The van der Waals surface area contributed by atoms with Crippen molar-refractivity contribution in [3.63, 3.8) is 0 Å². The van der Waals surface area contributed by atoms with Crippen molar-refractivity contribution in [2.75, 3.05) is 33.0 Å². The van der Waals surface area contributed by atoms with Crippen LogP contribution in [0.25, 0.3) is 0 Å². The van der Waals surface area contributed by atoms with Gasteiger partial charge in [-0.25, -0.2) is 0 Å². The van der Waals surface area contributed by atoms with E-state index in [1.54, 1.807) is 40.7 Å². The number of unbranched alkanes of at least 4 members (excludes halogenated alkanes) is 1. The summed E-state index contributed by atoms with van der Waals surface area (Å²) in [5, 5.41) is 10.1. The van der Waals surface area contributed by atoms with Crippen molar-refractivity contribution in [3.05, 3.63) is 23.5 Å². The van der Waals surface area contributed by atoms with Gasteiger partial charge in [0.05, 0.1) is 37.4 Å². The van der Waals surface area contributed by atoms with Gasteiger partial charge in [-0.3, -0.25) is 4.79 Å². The van der Waals surface area contributed by atoms with E-state index in [0.717, 1.165) is 18.4 Å². The Kier molecular flexibility index (Phi) is 20.1. The van der Waals surface area contributed by atoms with Crippen molar-refractivity contribution in [2.24, 2.45) is 5.41 Å². The Labute approximate surface area is 204 Å². The highest BCUT2D eigenvalue weighted by atomic mass is 127. The van der Waals surface area contributed by atoms with Gasteiger partial charge in [0.2, 0.25) is 0 Å². The molecule has 0 bridgehead atoms. The summed E-state index contributed by atoms with van der Waals surface area (Å²) in [5.41, 5.74) is -1.05. The maximum atomic E-state index is 12.2. The monoisotopic (exact) mass is 556 g/mol. The first-order valence-electron chi connectivity index (χ1n) is 11.1. The lowest BCUT2D eigenvalue weighted by atomic mass is 9.77. The molecule has 0 aromatic heterocycles. The topological polar surface area (TPSA) is 74.2 Å². The van der Waals surface area contributed by atoms with Crippen LogP contribution in [0, 0.1) is 5.41 Å². The minimum Gasteiger partial charge on any atom is -0.431 e. The highest BCUT2D eigenvalue weighted by Gasteiger charge is 2.43. The van der Waals surface area contributed by atoms with Gasteiger partial charge in [0.25, 0.3) is 0 Å². The summed E-state index contributed by atoms with van der Waals surface area (Å²) in [6.07, 6.45) is 7.97. The highest BCUT2D eigenvalue weighted by Crippen LogP contribution is 2.32. The third-order valence-electron chi connectivity index (χ3n) is 4.92. The average Bonchev–Trinajstić information content (AvgIpc) is 2.70. The van der Waals surface area contributed by atoms with E-state index in [1.807, 2.05) is 36.0 Å². The Balaban J connectivity index is 0. The molecular weight excluding hydrogens is 511 g/mol. The summed E-state index contributed by atoms with van der Waals surface area (Å²) in [7, 11) is 0. The molecule has 0 aromatic rings. The van der Waals surface area contributed by atoms with Crippen LogP contribution in [0.4, 0.5) is 0 Å². The van der Waals surface area contributed by atoms with Crippen LogP contribution in [0.5, 0.6) is 0 Å². The molecule has 184 valence electrons. The molecule has 0 atom stereocenters. The minimum atomic E-state index is -1.17. The molecule has 0 aliphatic carbocycles. The van der Waals surface area contributed by atoms with E-state index >= 15 is 0 Å². The molecule has 6 nitrogen and oxygen atoms in total. The molecule has 0 aliphatic heterocycles. The zero-order chi connectivity index (χ0) is 24.3. The van der Waals surface area contributed by atoms with Gasteiger partial charge in [0.15, 0.2) is 0 Å². The number of hydrogen-bond donors (Lipinski definition) is 1. The van der Waals surface area contributed by atoms with Crippen molar-refractivity contribution in [1.82, 2.24) is 0 Å². The molecule has 0 spiro atoms. The standard InChI is InChI=1S/C20H35IO6.C4H10/c1-16(10-13-25-15-14-24-11-7-12-26-21)8-9-17(2)27-18(22)19(3,4)20(5,6)23;1-3-4-2/h8-9,23H,7,10-15H2,1-6H3;3-4H2,1-2H3/b16-8+,17-9+;. The molecule has 0 saturated heterocycles. The molecule has 0 aromatic carbocycles. The number of esters is 1. The maximum Gasteiger partial charge on any atom is 0.319 e. The summed E-state index contributed by atoms with van der Waals surface area (Å²) in [4.78, 5) is 12.2. The SMILES string of the molecule is C/C(=C\C=C(/C)OC(=O)C(C)(C)C(C)(C)O)CCOCCOCCCOI.CCCC. The molecule has 0 unspecified atom stereocenters. The van der Waals surface area contributed by atoms with E-state index in [4.69, 9.17) is 17.3 Å². The van der Waals surface area contributed by atoms with Crippen molar-refractivity contribution >= 4 is 29.0 Å². The maximum absolute atomic E-state index is 12.2. The first-order chi connectivity index (χ1) is 14.4. The first-order valence-corrected chi connectivity index (χ1v) is 12.0. The van der Waals surface area contributed by atoms with E-state index in [1.165, 1.54) is 12.8 Å². The van der Waals surface area contributed by atoms with Gasteiger partial charge >= 0.3 is 5.97 Å². The Bertz CT molecular complexity index is 519. The number of hydrogen-bond acceptors (Lipinski definition) is 6. The largest absolute Gasteiger partial charge is 0.431 e. The normalized spacial score (nSPS) is 13.0. The zero-order valence-corrected chi connectivity index (χ0v) is 23.0. The zero-order valence-electron chi connectivity index (χ0n) is 20.9. The van der Waals surface area contributed by atoms with E-state index in [9.17, 15) is 9.90 Å². The molecule has 0 rings (SSSR count). The Morgan fingerprint density at radius 2 is 1.45 bits per heavy atom. The fourth-order valence-electron chi connectivity index (χ4n) is 1.67. The van der Waals surface area contributed by atoms with Crippen molar-refractivity contribution in [1.29, 1.82) is 0 Å². The Morgan fingerprint density at radius 1 is 0.903 bits per heavy atom. The number of ether oxygens (including phenoxy) is 3.